The predicted molar refractivity (Wildman–Crippen MR) is 71.9 cm³/mol. The molecule has 2 unspecified atom stereocenters. The van der Waals surface area contributed by atoms with Crippen LogP contribution in [-0.2, 0) is 4.79 Å². The second-order valence-corrected chi connectivity index (χ2v) is 4.84. The molecule has 3 rings (SSSR count). The van der Waals surface area contributed by atoms with Crippen LogP contribution in [0.15, 0.2) is 52.8 Å². The number of ketones is 1. The van der Waals surface area contributed by atoms with Crippen LogP contribution in [0.1, 0.15) is 19.8 Å². The SMILES string of the molecule is CC(=O)C1=C(C2C=CN=C3NC=CC32)C=CCC1. The van der Waals surface area contributed by atoms with Crippen LogP contribution in [0.2, 0.25) is 0 Å². The minimum absolute atomic E-state index is 0.196. The number of rotatable bonds is 2. The Morgan fingerprint density at radius 3 is 3.11 bits per heavy atom. The smallest absolute Gasteiger partial charge is 0.156 e. The van der Waals surface area contributed by atoms with E-state index in [0.29, 0.717) is 0 Å². The summed E-state index contributed by atoms with van der Waals surface area (Å²) in [6, 6.07) is 0. The molecular weight excluding hydrogens is 224 g/mol. The van der Waals surface area contributed by atoms with Gasteiger partial charge >= 0.3 is 0 Å². The van der Waals surface area contributed by atoms with Gasteiger partial charge in [0.05, 0.1) is 0 Å². The van der Waals surface area contributed by atoms with Gasteiger partial charge in [0.25, 0.3) is 0 Å². The lowest BCUT2D eigenvalue weighted by molar-refractivity contribution is -0.113. The Hall–Kier alpha value is -1.90. The molecule has 0 fully saturated rings. The average molecular weight is 240 g/mol. The van der Waals surface area contributed by atoms with Gasteiger partial charge in [0.15, 0.2) is 5.78 Å². The first-order valence-corrected chi connectivity index (χ1v) is 6.35. The molecular formula is C15H16N2O. The van der Waals surface area contributed by atoms with Gasteiger partial charge in [0.2, 0.25) is 0 Å². The van der Waals surface area contributed by atoms with E-state index < -0.39 is 0 Å². The van der Waals surface area contributed by atoms with E-state index >= 15 is 0 Å². The highest BCUT2D eigenvalue weighted by atomic mass is 16.1. The summed E-state index contributed by atoms with van der Waals surface area (Å²) < 4.78 is 0. The number of allylic oxidation sites excluding steroid dienone is 5. The topological polar surface area (TPSA) is 41.5 Å². The summed E-state index contributed by atoms with van der Waals surface area (Å²) in [5.74, 6) is 1.67. The van der Waals surface area contributed by atoms with Gasteiger partial charge in [-0.25, -0.2) is 4.99 Å². The molecule has 1 N–H and O–H groups in total. The molecule has 0 saturated heterocycles. The Bertz CT molecular complexity index is 535. The van der Waals surface area contributed by atoms with Crippen LogP contribution in [0.4, 0.5) is 0 Å². The quantitative estimate of drug-likeness (QED) is 0.805. The monoisotopic (exact) mass is 240 g/mol. The zero-order chi connectivity index (χ0) is 12.5. The first-order chi connectivity index (χ1) is 8.77. The Morgan fingerprint density at radius 1 is 1.39 bits per heavy atom. The van der Waals surface area contributed by atoms with Crippen molar-refractivity contribution < 1.29 is 4.79 Å². The summed E-state index contributed by atoms with van der Waals surface area (Å²) in [6.07, 6.45) is 14.1. The summed E-state index contributed by atoms with van der Waals surface area (Å²) >= 11 is 0. The standard InChI is InChI=1S/C15H16N2O/c1-10(18)11-4-2-3-5-12(11)13-6-8-16-15-14(13)7-9-17-15/h3,5-9,13-14H,2,4H2,1H3,(H,16,17). The largest absolute Gasteiger partial charge is 0.350 e. The van der Waals surface area contributed by atoms with Crippen LogP contribution in [0.3, 0.4) is 0 Å². The van der Waals surface area contributed by atoms with Gasteiger partial charge in [-0.3, -0.25) is 4.79 Å². The molecule has 2 heterocycles. The fourth-order valence-electron chi connectivity index (χ4n) is 2.85. The fourth-order valence-corrected chi connectivity index (χ4v) is 2.85. The number of nitrogens with one attached hydrogen (secondary N) is 1. The highest BCUT2D eigenvalue weighted by Crippen LogP contribution is 2.35. The number of Topliss-reactive ketones (excluding diaryl/α,β-unsaturated/α-hetero) is 1. The molecule has 2 atom stereocenters. The van der Waals surface area contributed by atoms with Crippen molar-refractivity contribution in [1.29, 1.82) is 0 Å². The molecule has 0 spiro atoms. The van der Waals surface area contributed by atoms with Crippen LogP contribution in [0.5, 0.6) is 0 Å². The summed E-state index contributed by atoms with van der Waals surface area (Å²) in [4.78, 5) is 16.1. The number of carbonyl (C=O) groups is 1. The lowest BCUT2D eigenvalue weighted by Crippen LogP contribution is -2.29. The molecule has 0 aromatic heterocycles. The van der Waals surface area contributed by atoms with Gasteiger partial charge in [0, 0.05) is 18.0 Å². The van der Waals surface area contributed by atoms with Gasteiger partial charge in [-0.2, -0.15) is 0 Å². The molecule has 3 nitrogen and oxygen atoms in total. The van der Waals surface area contributed by atoms with Crippen molar-refractivity contribution in [2.45, 2.75) is 19.8 Å². The van der Waals surface area contributed by atoms with Crippen molar-refractivity contribution in [1.82, 2.24) is 5.32 Å². The summed E-state index contributed by atoms with van der Waals surface area (Å²) in [5, 5.41) is 3.16. The molecule has 18 heavy (non-hydrogen) atoms. The molecule has 0 aromatic carbocycles. The molecule has 3 heteroatoms. The maximum absolute atomic E-state index is 11.8. The Kier molecular flexibility index (Phi) is 2.74. The summed E-state index contributed by atoms with van der Waals surface area (Å²) in [7, 11) is 0. The van der Waals surface area contributed by atoms with E-state index in [2.05, 4.69) is 34.6 Å². The molecule has 0 amide bonds. The van der Waals surface area contributed by atoms with Crippen molar-refractivity contribution in [3.63, 3.8) is 0 Å². The number of hydrogen-bond acceptors (Lipinski definition) is 3. The molecule has 2 aliphatic heterocycles. The number of fused-ring (bicyclic) bond motifs is 1. The molecule has 3 aliphatic rings. The van der Waals surface area contributed by atoms with E-state index in [1.807, 2.05) is 12.4 Å². The van der Waals surface area contributed by atoms with E-state index in [-0.39, 0.29) is 17.6 Å². The van der Waals surface area contributed by atoms with Crippen molar-refractivity contribution >= 4 is 11.6 Å². The van der Waals surface area contributed by atoms with E-state index in [0.717, 1.165) is 29.8 Å². The van der Waals surface area contributed by atoms with Crippen molar-refractivity contribution in [2.24, 2.45) is 16.8 Å². The maximum Gasteiger partial charge on any atom is 0.156 e. The van der Waals surface area contributed by atoms with Crippen LogP contribution < -0.4 is 5.32 Å². The first kappa shape index (κ1) is 11.2. The Morgan fingerprint density at radius 2 is 2.28 bits per heavy atom. The van der Waals surface area contributed by atoms with E-state index in [4.69, 9.17) is 0 Å². The van der Waals surface area contributed by atoms with Gasteiger partial charge in [-0.1, -0.05) is 24.3 Å². The van der Waals surface area contributed by atoms with Gasteiger partial charge < -0.3 is 5.32 Å². The molecule has 0 bridgehead atoms. The van der Waals surface area contributed by atoms with Gasteiger partial charge in [-0.15, -0.1) is 0 Å². The second kappa shape index (κ2) is 4.41. The zero-order valence-electron chi connectivity index (χ0n) is 10.4. The molecule has 0 aromatic rings. The van der Waals surface area contributed by atoms with Crippen molar-refractivity contribution in [2.75, 3.05) is 0 Å². The minimum Gasteiger partial charge on any atom is -0.350 e. The highest BCUT2D eigenvalue weighted by Gasteiger charge is 2.31. The Labute approximate surface area is 107 Å². The van der Waals surface area contributed by atoms with Crippen LogP contribution >= 0.6 is 0 Å². The third-order valence-corrected chi connectivity index (χ3v) is 3.74. The minimum atomic E-state index is 0.196. The van der Waals surface area contributed by atoms with E-state index in [1.54, 1.807) is 6.92 Å². The Balaban J connectivity index is 2.01. The third kappa shape index (κ3) is 1.76. The lowest BCUT2D eigenvalue weighted by atomic mass is 9.79. The predicted octanol–water partition coefficient (Wildman–Crippen LogP) is 2.50. The molecule has 0 radical (unpaired) electrons. The summed E-state index contributed by atoms with van der Waals surface area (Å²) in [5.41, 5.74) is 2.14. The molecule has 92 valence electrons. The van der Waals surface area contributed by atoms with Gasteiger partial charge in [0.1, 0.15) is 5.84 Å². The number of aliphatic imine (C=N–C) groups is 1. The highest BCUT2D eigenvalue weighted by molar-refractivity contribution is 5.96. The number of nitrogens with zero attached hydrogens (tertiary/aromatic N) is 1. The van der Waals surface area contributed by atoms with Crippen molar-refractivity contribution in [3.05, 3.63) is 47.9 Å². The summed E-state index contributed by atoms with van der Waals surface area (Å²) in [6.45, 7) is 1.67. The number of hydrogen-bond donors (Lipinski definition) is 1. The first-order valence-electron chi connectivity index (χ1n) is 6.35. The number of carbonyl (C=O) groups excluding carboxylic acids is 1. The lowest BCUT2D eigenvalue weighted by Gasteiger charge is -2.27. The average Bonchev–Trinajstić information content (AvgIpc) is 2.86. The van der Waals surface area contributed by atoms with Gasteiger partial charge in [-0.05, 0) is 37.1 Å². The zero-order valence-corrected chi connectivity index (χ0v) is 10.4. The second-order valence-electron chi connectivity index (χ2n) is 4.84. The maximum atomic E-state index is 11.8. The van der Waals surface area contributed by atoms with Crippen molar-refractivity contribution in [3.8, 4) is 0 Å². The van der Waals surface area contributed by atoms with Crippen LogP contribution in [0.25, 0.3) is 0 Å². The normalized spacial score (nSPS) is 29.1. The number of amidine groups is 1. The van der Waals surface area contributed by atoms with Crippen LogP contribution in [0, 0.1) is 11.8 Å². The van der Waals surface area contributed by atoms with E-state index in [1.165, 1.54) is 0 Å². The van der Waals surface area contributed by atoms with Crippen LogP contribution in [-0.4, -0.2) is 11.6 Å². The molecule has 1 aliphatic carbocycles. The molecule has 0 saturated carbocycles. The van der Waals surface area contributed by atoms with E-state index in [9.17, 15) is 4.79 Å². The third-order valence-electron chi connectivity index (χ3n) is 3.74. The fraction of sp³-hybridized carbons (Fsp3) is 0.333.